The summed E-state index contributed by atoms with van der Waals surface area (Å²) < 4.78 is 7.34. The lowest BCUT2D eigenvalue weighted by Crippen LogP contribution is -2.09. The summed E-state index contributed by atoms with van der Waals surface area (Å²) in [6.07, 6.45) is 5.09. The fourth-order valence-electron chi connectivity index (χ4n) is 2.03. The van der Waals surface area contributed by atoms with Crippen LogP contribution in [-0.2, 0) is 0 Å². The second kappa shape index (κ2) is 3.62. The van der Waals surface area contributed by atoms with Crippen molar-refractivity contribution in [3.8, 4) is 0 Å². The van der Waals surface area contributed by atoms with E-state index in [1.165, 1.54) is 0 Å². The van der Waals surface area contributed by atoms with E-state index in [9.17, 15) is 0 Å². The Morgan fingerprint density at radius 1 is 1.41 bits per heavy atom. The standard InChI is InChI=1S/C12H12N4O/c1-8(11-3-2-6-17-11)16-10-4-5-14-7-9(10)15-12(16)13/h2-8H,1H3,(H2,13,15). The molecule has 3 aromatic heterocycles. The van der Waals surface area contributed by atoms with Gasteiger partial charge in [0.25, 0.3) is 0 Å². The van der Waals surface area contributed by atoms with Gasteiger partial charge in [0.15, 0.2) is 0 Å². The summed E-state index contributed by atoms with van der Waals surface area (Å²) in [5.41, 5.74) is 7.70. The highest BCUT2D eigenvalue weighted by Gasteiger charge is 2.17. The number of hydrogen-bond donors (Lipinski definition) is 1. The summed E-state index contributed by atoms with van der Waals surface area (Å²) in [7, 11) is 0. The Kier molecular flexibility index (Phi) is 2.11. The molecule has 86 valence electrons. The molecule has 1 atom stereocenters. The second-order valence-electron chi connectivity index (χ2n) is 3.90. The molecule has 0 aliphatic rings. The minimum atomic E-state index is 0.0115. The van der Waals surface area contributed by atoms with Crippen molar-refractivity contribution in [3.05, 3.63) is 42.6 Å². The Balaban J connectivity index is 2.20. The molecular weight excluding hydrogens is 216 g/mol. The minimum Gasteiger partial charge on any atom is -0.467 e. The molecule has 0 radical (unpaired) electrons. The molecule has 0 aromatic carbocycles. The molecule has 0 aliphatic heterocycles. The van der Waals surface area contributed by atoms with Gasteiger partial charge in [-0.05, 0) is 25.1 Å². The molecule has 5 heteroatoms. The normalized spacial score (nSPS) is 13.0. The number of rotatable bonds is 2. The van der Waals surface area contributed by atoms with Gasteiger partial charge in [-0.25, -0.2) is 4.98 Å². The molecule has 0 fully saturated rings. The molecule has 5 nitrogen and oxygen atoms in total. The number of nitrogen functional groups attached to an aromatic ring is 1. The van der Waals surface area contributed by atoms with Gasteiger partial charge >= 0.3 is 0 Å². The van der Waals surface area contributed by atoms with Crippen LogP contribution in [0.1, 0.15) is 18.7 Å². The van der Waals surface area contributed by atoms with E-state index in [-0.39, 0.29) is 6.04 Å². The summed E-state index contributed by atoms with van der Waals surface area (Å²) in [6.45, 7) is 2.02. The number of nitrogens with two attached hydrogens (primary N) is 1. The first-order chi connectivity index (χ1) is 8.27. The zero-order valence-electron chi connectivity index (χ0n) is 9.37. The predicted molar refractivity (Wildman–Crippen MR) is 64.5 cm³/mol. The van der Waals surface area contributed by atoms with Gasteiger partial charge in [0, 0.05) is 6.20 Å². The monoisotopic (exact) mass is 228 g/mol. The molecule has 2 N–H and O–H groups in total. The first-order valence-corrected chi connectivity index (χ1v) is 5.38. The molecule has 0 saturated heterocycles. The fourth-order valence-corrected chi connectivity index (χ4v) is 2.03. The molecule has 3 heterocycles. The minimum absolute atomic E-state index is 0.0115. The Hall–Kier alpha value is -2.30. The van der Waals surface area contributed by atoms with Crippen LogP contribution in [0.3, 0.4) is 0 Å². The van der Waals surface area contributed by atoms with Gasteiger partial charge in [0.1, 0.15) is 11.3 Å². The van der Waals surface area contributed by atoms with Crippen LogP contribution in [0.4, 0.5) is 5.95 Å². The SMILES string of the molecule is CC(c1ccco1)n1c(N)nc2cnccc21. The second-order valence-corrected chi connectivity index (χ2v) is 3.90. The first kappa shape index (κ1) is 9.89. The Bertz CT molecular complexity index is 642. The van der Waals surface area contributed by atoms with Crippen molar-refractivity contribution in [1.82, 2.24) is 14.5 Å². The molecule has 0 saturated carbocycles. The van der Waals surface area contributed by atoms with Crippen molar-refractivity contribution < 1.29 is 4.42 Å². The number of hydrogen-bond acceptors (Lipinski definition) is 4. The van der Waals surface area contributed by atoms with Crippen LogP contribution in [0.5, 0.6) is 0 Å². The van der Waals surface area contributed by atoms with Crippen LogP contribution >= 0.6 is 0 Å². The molecule has 3 aromatic rings. The van der Waals surface area contributed by atoms with Crippen molar-refractivity contribution >= 4 is 17.0 Å². The summed E-state index contributed by atoms with van der Waals surface area (Å²) >= 11 is 0. The number of fused-ring (bicyclic) bond motifs is 1. The maximum absolute atomic E-state index is 5.94. The molecule has 0 amide bonds. The van der Waals surface area contributed by atoms with Gasteiger partial charge in [0.2, 0.25) is 5.95 Å². The van der Waals surface area contributed by atoms with Crippen LogP contribution < -0.4 is 5.73 Å². The van der Waals surface area contributed by atoms with Crippen LogP contribution in [-0.4, -0.2) is 14.5 Å². The lowest BCUT2D eigenvalue weighted by Gasteiger charge is -2.13. The van der Waals surface area contributed by atoms with E-state index < -0.39 is 0 Å². The van der Waals surface area contributed by atoms with Gasteiger partial charge in [-0.1, -0.05) is 0 Å². The van der Waals surface area contributed by atoms with Gasteiger partial charge in [-0.2, -0.15) is 0 Å². The summed E-state index contributed by atoms with van der Waals surface area (Å²) in [5.74, 6) is 1.32. The largest absolute Gasteiger partial charge is 0.467 e. The topological polar surface area (TPSA) is 69.9 Å². The number of pyridine rings is 1. The molecular formula is C12H12N4O. The number of anilines is 1. The maximum atomic E-state index is 5.94. The van der Waals surface area contributed by atoms with E-state index in [2.05, 4.69) is 9.97 Å². The third kappa shape index (κ3) is 1.47. The van der Waals surface area contributed by atoms with Gasteiger partial charge < -0.3 is 10.2 Å². The average Bonchev–Trinajstić information content (AvgIpc) is 2.94. The van der Waals surface area contributed by atoms with E-state index >= 15 is 0 Å². The van der Waals surface area contributed by atoms with E-state index in [0.29, 0.717) is 5.95 Å². The molecule has 0 aliphatic carbocycles. The quantitative estimate of drug-likeness (QED) is 0.730. The van der Waals surface area contributed by atoms with Crippen LogP contribution in [0.25, 0.3) is 11.0 Å². The van der Waals surface area contributed by atoms with E-state index in [1.54, 1.807) is 18.7 Å². The third-order valence-electron chi connectivity index (χ3n) is 2.86. The summed E-state index contributed by atoms with van der Waals surface area (Å²) in [6, 6.07) is 5.70. The third-order valence-corrected chi connectivity index (χ3v) is 2.86. The van der Waals surface area contributed by atoms with Crippen molar-refractivity contribution in [1.29, 1.82) is 0 Å². The Labute approximate surface area is 97.9 Å². The lowest BCUT2D eigenvalue weighted by atomic mass is 10.2. The summed E-state index contributed by atoms with van der Waals surface area (Å²) in [5, 5.41) is 0. The zero-order valence-corrected chi connectivity index (χ0v) is 9.37. The Morgan fingerprint density at radius 2 is 2.29 bits per heavy atom. The van der Waals surface area contributed by atoms with E-state index in [1.807, 2.05) is 29.7 Å². The van der Waals surface area contributed by atoms with Gasteiger partial charge in [0.05, 0.1) is 24.0 Å². The maximum Gasteiger partial charge on any atom is 0.201 e. The van der Waals surface area contributed by atoms with E-state index in [0.717, 1.165) is 16.8 Å². The van der Waals surface area contributed by atoms with E-state index in [4.69, 9.17) is 10.2 Å². The number of aromatic nitrogens is 3. The van der Waals surface area contributed by atoms with Crippen LogP contribution in [0.2, 0.25) is 0 Å². The highest BCUT2D eigenvalue weighted by molar-refractivity contribution is 5.77. The smallest absolute Gasteiger partial charge is 0.201 e. The molecule has 17 heavy (non-hydrogen) atoms. The average molecular weight is 228 g/mol. The lowest BCUT2D eigenvalue weighted by molar-refractivity contribution is 0.453. The first-order valence-electron chi connectivity index (χ1n) is 5.38. The number of nitrogens with zero attached hydrogens (tertiary/aromatic N) is 3. The molecule has 0 bridgehead atoms. The molecule has 3 rings (SSSR count). The van der Waals surface area contributed by atoms with Crippen molar-refractivity contribution in [2.24, 2.45) is 0 Å². The van der Waals surface area contributed by atoms with Gasteiger partial charge in [-0.3, -0.25) is 9.55 Å². The van der Waals surface area contributed by atoms with Crippen LogP contribution in [0.15, 0.2) is 41.3 Å². The molecule has 0 spiro atoms. The van der Waals surface area contributed by atoms with Crippen molar-refractivity contribution in [2.75, 3.05) is 5.73 Å². The van der Waals surface area contributed by atoms with Gasteiger partial charge in [-0.15, -0.1) is 0 Å². The Morgan fingerprint density at radius 3 is 3.06 bits per heavy atom. The van der Waals surface area contributed by atoms with Crippen molar-refractivity contribution in [3.63, 3.8) is 0 Å². The molecule has 1 unspecified atom stereocenters. The highest BCUT2D eigenvalue weighted by atomic mass is 16.3. The zero-order chi connectivity index (χ0) is 11.8. The number of furan rings is 1. The fraction of sp³-hybridized carbons (Fsp3) is 0.167. The summed E-state index contributed by atoms with van der Waals surface area (Å²) in [4.78, 5) is 8.32. The highest BCUT2D eigenvalue weighted by Crippen LogP contribution is 2.26. The predicted octanol–water partition coefficient (Wildman–Crippen LogP) is 2.22. The number of imidazole rings is 1. The van der Waals surface area contributed by atoms with Crippen LogP contribution in [0, 0.1) is 0 Å². The van der Waals surface area contributed by atoms with Crippen molar-refractivity contribution in [2.45, 2.75) is 13.0 Å².